The van der Waals surface area contributed by atoms with E-state index in [4.69, 9.17) is 0 Å². The molecule has 0 aliphatic carbocycles. The third kappa shape index (κ3) is 2.59. The van der Waals surface area contributed by atoms with Crippen LogP contribution in [0.5, 0.6) is 0 Å². The number of β-lactam (4-membered cyclic amide) rings is 1. The minimum absolute atomic E-state index is 0.0136. The average molecular weight is 357 g/mol. The highest BCUT2D eigenvalue weighted by Crippen LogP contribution is 2.51. The van der Waals surface area contributed by atoms with E-state index in [1.54, 1.807) is 6.92 Å². The number of aliphatic carboxylic acids is 1. The molecule has 1 amide bonds. The van der Waals surface area contributed by atoms with Gasteiger partial charge in [0.05, 0.1) is 24.6 Å². The minimum atomic E-state index is -1.14. The summed E-state index contributed by atoms with van der Waals surface area (Å²) in [4.78, 5) is 30.0. The molecule has 9 heteroatoms. The van der Waals surface area contributed by atoms with Gasteiger partial charge in [-0.25, -0.2) is 9.18 Å². The van der Waals surface area contributed by atoms with Crippen LogP contribution in [-0.2, 0) is 9.59 Å². The van der Waals surface area contributed by atoms with Crippen LogP contribution < -0.4 is 5.32 Å². The number of hydrogen-bond acceptors (Lipinski definition) is 6. The van der Waals surface area contributed by atoms with E-state index in [1.165, 1.54) is 16.7 Å². The van der Waals surface area contributed by atoms with Crippen LogP contribution in [0.4, 0.5) is 4.39 Å². The van der Waals surface area contributed by atoms with Crippen molar-refractivity contribution in [3.8, 4) is 0 Å². The van der Waals surface area contributed by atoms with E-state index in [0.29, 0.717) is 23.8 Å². The number of carboxylic acids is 1. The number of carbonyl (C=O) groups is 2. The number of aliphatic hydroxyl groups excluding tert-OH is 1. The summed E-state index contributed by atoms with van der Waals surface area (Å²) >= 11 is 1.38. The Morgan fingerprint density at radius 3 is 2.79 bits per heavy atom. The maximum absolute atomic E-state index is 12.6. The van der Waals surface area contributed by atoms with Gasteiger partial charge in [0.15, 0.2) is 0 Å². The molecule has 1 fully saturated rings. The second-order valence-electron chi connectivity index (χ2n) is 6.31. The summed E-state index contributed by atoms with van der Waals surface area (Å²) in [5.74, 6) is -1.89. The van der Waals surface area contributed by atoms with Crippen molar-refractivity contribution in [3.05, 3.63) is 10.6 Å². The quantitative estimate of drug-likeness (QED) is 0.608. The lowest BCUT2D eigenvalue weighted by molar-refractivity contribution is -0.163. The molecular formula is C15H20FN3O4S. The van der Waals surface area contributed by atoms with Gasteiger partial charge in [-0.1, -0.05) is 6.92 Å². The Balaban J connectivity index is 1.83. The summed E-state index contributed by atoms with van der Waals surface area (Å²) in [6.07, 6.45) is -0.811. The van der Waals surface area contributed by atoms with E-state index in [0.717, 1.165) is 0 Å². The highest BCUT2D eigenvalue weighted by molar-refractivity contribution is 8.03. The molecule has 1 saturated heterocycles. The van der Waals surface area contributed by atoms with Gasteiger partial charge in [-0.3, -0.25) is 9.79 Å². The maximum Gasteiger partial charge on any atom is 0.353 e. The molecule has 4 unspecified atom stereocenters. The number of fused-ring (bicyclic) bond motifs is 1. The standard InChI is InChI=1S/C15H20FN3O4S/c1-6-11-10(7(2)20)14(21)19(11)12(15(22)23)13(6)24-8-4-17-9(3-16)18-5-8/h6-8,10-11,20H,3-5H2,1-2H3,(H,17,18)(H,22,23)/t6?,7?,10?,11-/m1/s1. The molecule has 3 heterocycles. The number of rotatable bonds is 5. The average Bonchev–Trinajstić information content (AvgIpc) is 2.77. The number of amidine groups is 1. The smallest absolute Gasteiger partial charge is 0.353 e. The SMILES string of the molecule is CC(O)C1C(=O)N2C(C(=O)O)=C(SC3CN=C(CF)NC3)C(C)[C@H]12. The summed E-state index contributed by atoms with van der Waals surface area (Å²) in [7, 11) is 0. The molecule has 3 aliphatic rings. The summed E-state index contributed by atoms with van der Waals surface area (Å²) in [6.45, 7) is 3.69. The van der Waals surface area contributed by atoms with Crippen LogP contribution in [0.15, 0.2) is 15.6 Å². The number of carboxylic acid groups (broad SMARTS) is 1. The molecule has 3 rings (SSSR count). The van der Waals surface area contributed by atoms with Gasteiger partial charge in [0.2, 0.25) is 5.91 Å². The number of carbonyl (C=O) groups excluding carboxylic acids is 1. The monoisotopic (exact) mass is 357 g/mol. The Hall–Kier alpha value is -1.61. The van der Waals surface area contributed by atoms with Crippen LogP contribution in [0, 0.1) is 11.8 Å². The fourth-order valence-electron chi connectivity index (χ4n) is 3.59. The summed E-state index contributed by atoms with van der Waals surface area (Å²) < 4.78 is 12.6. The van der Waals surface area contributed by atoms with E-state index in [-0.39, 0.29) is 28.8 Å². The molecule has 5 atom stereocenters. The number of thioether (sulfide) groups is 1. The second kappa shape index (κ2) is 6.36. The van der Waals surface area contributed by atoms with E-state index < -0.39 is 24.7 Å². The van der Waals surface area contributed by atoms with E-state index in [9.17, 15) is 24.2 Å². The first kappa shape index (κ1) is 17.2. The minimum Gasteiger partial charge on any atom is -0.477 e. The lowest BCUT2D eigenvalue weighted by Crippen LogP contribution is -2.63. The number of aliphatic imine (C=N–C) groups is 1. The molecular weight excluding hydrogens is 337 g/mol. The highest BCUT2D eigenvalue weighted by atomic mass is 32.2. The molecule has 3 N–H and O–H groups in total. The summed E-state index contributed by atoms with van der Waals surface area (Å²) in [6, 6.07) is -0.312. The zero-order chi connectivity index (χ0) is 17.6. The Bertz CT molecular complexity index is 636. The molecule has 0 aromatic heterocycles. The third-order valence-corrected chi connectivity index (χ3v) is 6.22. The van der Waals surface area contributed by atoms with E-state index in [1.807, 2.05) is 6.92 Å². The van der Waals surface area contributed by atoms with Crippen molar-refractivity contribution in [1.82, 2.24) is 10.2 Å². The lowest BCUT2D eigenvalue weighted by atomic mass is 9.79. The molecule has 0 bridgehead atoms. The molecule has 0 radical (unpaired) electrons. The zero-order valence-corrected chi connectivity index (χ0v) is 14.2. The van der Waals surface area contributed by atoms with Gasteiger partial charge in [-0.15, -0.1) is 11.8 Å². The first-order valence-electron chi connectivity index (χ1n) is 7.85. The summed E-state index contributed by atoms with van der Waals surface area (Å²) in [5, 5.41) is 22.2. The van der Waals surface area contributed by atoms with Crippen LogP contribution in [0.3, 0.4) is 0 Å². The Kier molecular flexibility index (Phi) is 4.56. The van der Waals surface area contributed by atoms with Crippen molar-refractivity contribution in [1.29, 1.82) is 0 Å². The number of aliphatic hydroxyl groups is 1. The third-order valence-electron chi connectivity index (χ3n) is 4.75. The number of alkyl halides is 1. The Morgan fingerprint density at radius 2 is 2.29 bits per heavy atom. The van der Waals surface area contributed by atoms with Gasteiger partial charge in [-0.2, -0.15) is 0 Å². The number of amides is 1. The van der Waals surface area contributed by atoms with Crippen molar-refractivity contribution in [3.63, 3.8) is 0 Å². The first-order valence-corrected chi connectivity index (χ1v) is 8.73. The lowest BCUT2D eigenvalue weighted by Gasteiger charge is -2.46. The van der Waals surface area contributed by atoms with Crippen LogP contribution in [0.1, 0.15) is 13.8 Å². The number of nitrogens with zero attached hydrogens (tertiary/aromatic N) is 2. The summed E-state index contributed by atoms with van der Waals surface area (Å²) in [5.41, 5.74) is 0.0136. The van der Waals surface area contributed by atoms with Crippen molar-refractivity contribution in [2.24, 2.45) is 16.8 Å². The van der Waals surface area contributed by atoms with Gasteiger partial charge < -0.3 is 20.4 Å². The topological polar surface area (TPSA) is 102 Å². The van der Waals surface area contributed by atoms with Gasteiger partial charge in [0.25, 0.3) is 0 Å². The molecule has 0 spiro atoms. The van der Waals surface area contributed by atoms with Crippen molar-refractivity contribution in [2.75, 3.05) is 19.8 Å². The largest absolute Gasteiger partial charge is 0.477 e. The van der Waals surface area contributed by atoms with Gasteiger partial charge in [-0.05, 0) is 6.92 Å². The van der Waals surface area contributed by atoms with Gasteiger partial charge >= 0.3 is 5.97 Å². The fourth-order valence-corrected chi connectivity index (χ4v) is 4.92. The molecule has 0 aromatic rings. The predicted octanol–water partition coefficient (Wildman–Crippen LogP) is 0.213. The van der Waals surface area contributed by atoms with E-state index in [2.05, 4.69) is 10.3 Å². The number of hydrogen-bond donors (Lipinski definition) is 3. The van der Waals surface area contributed by atoms with Crippen molar-refractivity contribution < 1.29 is 24.2 Å². The molecule has 3 aliphatic heterocycles. The van der Waals surface area contributed by atoms with Crippen LogP contribution in [0.2, 0.25) is 0 Å². The molecule has 132 valence electrons. The van der Waals surface area contributed by atoms with E-state index >= 15 is 0 Å². The van der Waals surface area contributed by atoms with Crippen molar-refractivity contribution >= 4 is 29.5 Å². The van der Waals surface area contributed by atoms with Crippen molar-refractivity contribution in [2.45, 2.75) is 31.2 Å². The zero-order valence-electron chi connectivity index (χ0n) is 13.4. The van der Waals surface area contributed by atoms with Gasteiger partial charge in [0.1, 0.15) is 18.2 Å². The van der Waals surface area contributed by atoms with Crippen LogP contribution >= 0.6 is 11.8 Å². The fraction of sp³-hybridized carbons (Fsp3) is 0.667. The van der Waals surface area contributed by atoms with Crippen LogP contribution in [0.25, 0.3) is 0 Å². The molecule has 0 saturated carbocycles. The first-order chi connectivity index (χ1) is 11.4. The highest BCUT2D eigenvalue weighted by Gasteiger charge is 2.60. The number of nitrogens with one attached hydrogen (secondary N) is 1. The molecule has 7 nitrogen and oxygen atoms in total. The molecule has 0 aromatic carbocycles. The van der Waals surface area contributed by atoms with Gasteiger partial charge in [0, 0.05) is 22.6 Å². The maximum atomic E-state index is 12.6. The Morgan fingerprint density at radius 1 is 1.58 bits per heavy atom. The molecule has 24 heavy (non-hydrogen) atoms. The number of halogens is 1. The normalized spacial score (nSPS) is 33.6. The second-order valence-corrected chi connectivity index (χ2v) is 7.66. The van der Waals surface area contributed by atoms with Crippen LogP contribution in [-0.4, -0.2) is 70.0 Å². The predicted molar refractivity (Wildman–Crippen MR) is 87.3 cm³/mol. The Labute approximate surface area is 143 Å².